The van der Waals surface area contributed by atoms with Crippen molar-refractivity contribution in [1.82, 2.24) is 5.32 Å². The lowest BCUT2D eigenvalue weighted by Gasteiger charge is -2.20. The van der Waals surface area contributed by atoms with E-state index in [2.05, 4.69) is 38.3 Å². The fourth-order valence-corrected chi connectivity index (χ4v) is 3.39. The van der Waals surface area contributed by atoms with Gasteiger partial charge in [0.05, 0.1) is 6.10 Å². The van der Waals surface area contributed by atoms with Crippen LogP contribution >= 0.6 is 15.9 Å². The molecule has 5 nitrogen and oxygen atoms in total. The third-order valence-electron chi connectivity index (χ3n) is 4.39. The molecule has 3 atom stereocenters. The van der Waals surface area contributed by atoms with E-state index >= 15 is 0 Å². The van der Waals surface area contributed by atoms with Gasteiger partial charge in [0.1, 0.15) is 6.10 Å². The van der Waals surface area contributed by atoms with E-state index in [-0.39, 0.29) is 24.2 Å². The summed E-state index contributed by atoms with van der Waals surface area (Å²) in [6.45, 7) is 2.30. The minimum Gasteiger partial charge on any atom is -0.369 e. The maximum absolute atomic E-state index is 12.2. The number of carbonyl (C=O) groups is 1. The Balaban J connectivity index is 1.50. The molecule has 0 spiro atoms. The van der Waals surface area contributed by atoms with Crippen molar-refractivity contribution in [2.75, 3.05) is 24.5 Å². The fourth-order valence-electron chi connectivity index (χ4n) is 3.13. The third-order valence-corrected chi connectivity index (χ3v) is 4.92. The molecular weight excluding hydrogens is 346 g/mol. The molecule has 3 N–H and O–H groups in total. The summed E-state index contributed by atoms with van der Waals surface area (Å²) >= 11 is 3.45. The van der Waals surface area contributed by atoms with Crippen molar-refractivity contribution in [2.24, 2.45) is 5.73 Å². The normalized spacial score (nSPS) is 28.1. The third kappa shape index (κ3) is 3.62. The molecule has 0 radical (unpaired) electrons. The van der Waals surface area contributed by atoms with Gasteiger partial charge in [-0.3, -0.25) is 4.79 Å². The van der Waals surface area contributed by atoms with E-state index in [1.165, 1.54) is 5.69 Å². The first-order valence-electron chi connectivity index (χ1n) is 7.82. The summed E-state index contributed by atoms with van der Waals surface area (Å²) in [5.74, 6) is 0.0126. The van der Waals surface area contributed by atoms with Crippen LogP contribution in [0.3, 0.4) is 0 Å². The lowest BCUT2D eigenvalue weighted by Crippen LogP contribution is -2.43. The largest absolute Gasteiger partial charge is 0.369 e. The van der Waals surface area contributed by atoms with E-state index in [0.29, 0.717) is 6.54 Å². The highest BCUT2D eigenvalue weighted by Gasteiger charge is 2.32. The van der Waals surface area contributed by atoms with E-state index < -0.39 is 0 Å². The number of carbonyl (C=O) groups excluding carboxylic acids is 1. The minimum absolute atomic E-state index is 0.0126. The van der Waals surface area contributed by atoms with Crippen LogP contribution in [-0.2, 0) is 9.53 Å². The molecule has 6 heteroatoms. The zero-order valence-corrected chi connectivity index (χ0v) is 14.1. The average Bonchev–Trinajstić information content (AvgIpc) is 3.17. The van der Waals surface area contributed by atoms with Crippen LogP contribution in [0.15, 0.2) is 28.7 Å². The number of ether oxygens (including phenoxy) is 1. The molecule has 1 amide bonds. The standard InChI is InChI=1S/C16H22BrN3O2/c17-11-1-3-13(4-2-11)20-8-7-12(10-20)19-16(21)15-6-5-14(9-18)22-15/h1-4,12,14-15H,5-10,18H2,(H,19,21)/t12?,14-,15+/m1/s1. The van der Waals surface area contributed by atoms with Crippen LogP contribution in [0.5, 0.6) is 0 Å². The van der Waals surface area contributed by atoms with E-state index in [1.807, 2.05) is 12.1 Å². The highest BCUT2D eigenvalue weighted by Crippen LogP contribution is 2.23. The van der Waals surface area contributed by atoms with Gasteiger partial charge in [-0.25, -0.2) is 0 Å². The molecule has 22 heavy (non-hydrogen) atoms. The van der Waals surface area contributed by atoms with Gasteiger partial charge in [0.2, 0.25) is 5.91 Å². The first-order valence-corrected chi connectivity index (χ1v) is 8.61. The van der Waals surface area contributed by atoms with E-state index in [4.69, 9.17) is 10.5 Å². The Morgan fingerprint density at radius 2 is 2.09 bits per heavy atom. The van der Waals surface area contributed by atoms with Gasteiger partial charge in [-0.1, -0.05) is 15.9 Å². The predicted molar refractivity (Wildman–Crippen MR) is 89.9 cm³/mol. The Hall–Kier alpha value is -1.11. The van der Waals surface area contributed by atoms with E-state index in [1.54, 1.807) is 0 Å². The first kappa shape index (κ1) is 15.8. The summed E-state index contributed by atoms with van der Waals surface area (Å²) in [6.07, 6.45) is 2.34. The molecule has 2 saturated heterocycles. The molecule has 1 unspecified atom stereocenters. The summed E-state index contributed by atoms with van der Waals surface area (Å²) in [4.78, 5) is 14.6. The average molecular weight is 368 g/mol. The smallest absolute Gasteiger partial charge is 0.249 e. The Morgan fingerprint density at radius 3 is 2.77 bits per heavy atom. The molecule has 2 aliphatic rings. The number of nitrogens with zero attached hydrogens (tertiary/aromatic N) is 1. The molecule has 2 fully saturated rings. The summed E-state index contributed by atoms with van der Waals surface area (Å²) < 4.78 is 6.73. The second-order valence-corrected chi connectivity index (χ2v) is 6.89. The highest BCUT2D eigenvalue weighted by molar-refractivity contribution is 9.10. The Labute approximate surface area is 139 Å². The summed E-state index contributed by atoms with van der Waals surface area (Å²) in [5.41, 5.74) is 6.78. The quantitative estimate of drug-likeness (QED) is 0.848. The Kier molecular flexibility index (Phi) is 5.00. The number of rotatable bonds is 4. The van der Waals surface area contributed by atoms with Gasteiger partial charge in [0.25, 0.3) is 0 Å². The van der Waals surface area contributed by atoms with Crippen LogP contribution in [0.25, 0.3) is 0 Å². The molecule has 120 valence electrons. The lowest BCUT2D eigenvalue weighted by atomic mass is 10.1. The Morgan fingerprint density at radius 1 is 1.32 bits per heavy atom. The van der Waals surface area contributed by atoms with Gasteiger partial charge in [-0.05, 0) is 43.5 Å². The molecule has 2 aliphatic heterocycles. The number of nitrogens with two attached hydrogens (primary N) is 1. The van der Waals surface area contributed by atoms with E-state index in [0.717, 1.165) is 36.8 Å². The van der Waals surface area contributed by atoms with Crippen LogP contribution in [0.1, 0.15) is 19.3 Å². The maximum Gasteiger partial charge on any atom is 0.249 e. The number of benzene rings is 1. The fraction of sp³-hybridized carbons (Fsp3) is 0.562. The van der Waals surface area contributed by atoms with E-state index in [9.17, 15) is 4.79 Å². The van der Waals surface area contributed by atoms with Gasteiger partial charge >= 0.3 is 0 Å². The second kappa shape index (κ2) is 6.98. The minimum atomic E-state index is -0.324. The topological polar surface area (TPSA) is 67.6 Å². The molecule has 3 rings (SSSR count). The van der Waals surface area contributed by atoms with Crippen molar-refractivity contribution in [1.29, 1.82) is 0 Å². The molecular formula is C16H22BrN3O2. The maximum atomic E-state index is 12.2. The van der Waals surface area contributed by atoms with Gasteiger partial charge in [0, 0.05) is 35.8 Å². The van der Waals surface area contributed by atoms with Crippen molar-refractivity contribution in [3.8, 4) is 0 Å². The Bertz CT molecular complexity index is 523. The second-order valence-electron chi connectivity index (χ2n) is 5.98. The van der Waals surface area contributed by atoms with Crippen molar-refractivity contribution < 1.29 is 9.53 Å². The predicted octanol–water partition coefficient (Wildman–Crippen LogP) is 1.65. The van der Waals surface area contributed by atoms with Gasteiger partial charge in [-0.2, -0.15) is 0 Å². The number of hydrogen-bond acceptors (Lipinski definition) is 4. The molecule has 0 bridgehead atoms. The highest BCUT2D eigenvalue weighted by atomic mass is 79.9. The van der Waals surface area contributed by atoms with Crippen LogP contribution in [-0.4, -0.2) is 43.8 Å². The van der Waals surface area contributed by atoms with Crippen molar-refractivity contribution in [2.45, 2.75) is 37.5 Å². The molecule has 0 aliphatic carbocycles. The molecule has 1 aromatic carbocycles. The van der Waals surface area contributed by atoms with Crippen LogP contribution in [0.4, 0.5) is 5.69 Å². The van der Waals surface area contributed by atoms with Gasteiger partial charge < -0.3 is 20.7 Å². The molecule has 1 aromatic rings. The summed E-state index contributed by atoms with van der Waals surface area (Å²) in [5, 5.41) is 3.12. The zero-order chi connectivity index (χ0) is 15.5. The first-order chi connectivity index (χ1) is 10.7. The molecule has 2 heterocycles. The molecule has 0 aromatic heterocycles. The van der Waals surface area contributed by atoms with Crippen molar-refractivity contribution >= 4 is 27.5 Å². The number of nitrogens with one attached hydrogen (secondary N) is 1. The summed E-state index contributed by atoms with van der Waals surface area (Å²) in [7, 11) is 0. The van der Waals surface area contributed by atoms with Crippen LogP contribution in [0.2, 0.25) is 0 Å². The zero-order valence-electron chi connectivity index (χ0n) is 12.5. The van der Waals surface area contributed by atoms with Crippen molar-refractivity contribution in [3.05, 3.63) is 28.7 Å². The monoisotopic (exact) mass is 367 g/mol. The molecule has 0 saturated carbocycles. The van der Waals surface area contributed by atoms with Crippen LogP contribution in [0, 0.1) is 0 Å². The number of hydrogen-bond donors (Lipinski definition) is 2. The number of halogens is 1. The number of amides is 1. The summed E-state index contributed by atoms with van der Waals surface area (Å²) in [6, 6.07) is 8.47. The van der Waals surface area contributed by atoms with Gasteiger partial charge in [0.15, 0.2) is 0 Å². The van der Waals surface area contributed by atoms with Gasteiger partial charge in [-0.15, -0.1) is 0 Å². The van der Waals surface area contributed by atoms with Crippen molar-refractivity contribution in [3.63, 3.8) is 0 Å². The SMILES string of the molecule is NC[C@H]1CC[C@@H](C(=O)NC2CCN(c3ccc(Br)cc3)C2)O1. The number of anilines is 1. The lowest BCUT2D eigenvalue weighted by molar-refractivity contribution is -0.132. The van der Waals surface area contributed by atoms with Crippen LogP contribution < -0.4 is 16.0 Å².